The SMILES string of the molecule is COc1ccc(C)cc1NC(=O)COc1ccc(Cl)cc1C=O. The van der Waals surface area contributed by atoms with Gasteiger partial charge in [-0.25, -0.2) is 0 Å². The highest BCUT2D eigenvalue weighted by Gasteiger charge is 2.10. The Balaban J connectivity index is 2.03. The highest BCUT2D eigenvalue weighted by molar-refractivity contribution is 6.30. The van der Waals surface area contributed by atoms with Gasteiger partial charge in [0.1, 0.15) is 11.5 Å². The third-order valence-electron chi connectivity index (χ3n) is 3.09. The van der Waals surface area contributed by atoms with Crippen LogP contribution in [0.2, 0.25) is 5.02 Å². The van der Waals surface area contributed by atoms with Gasteiger partial charge in [0.2, 0.25) is 0 Å². The minimum absolute atomic E-state index is 0.237. The lowest BCUT2D eigenvalue weighted by Gasteiger charge is -2.12. The van der Waals surface area contributed by atoms with Crippen molar-refractivity contribution in [3.05, 3.63) is 52.5 Å². The van der Waals surface area contributed by atoms with Crippen LogP contribution in [0.1, 0.15) is 15.9 Å². The molecule has 0 bridgehead atoms. The molecule has 0 saturated carbocycles. The summed E-state index contributed by atoms with van der Waals surface area (Å²) in [6, 6.07) is 10.1. The molecular formula is C17H16ClNO4. The zero-order valence-corrected chi connectivity index (χ0v) is 13.5. The lowest BCUT2D eigenvalue weighted by atomic mass is 10.2. The number of ether oxygens (including phenoxy) is 2. The van der Waals surface area contributed by atoms with Crippen molar-refractivity contribution < 1.29 is 19.1 Å². The first-order valence-electron chi connectivity index (χ1n) is 6.85. The molecule has 120 valence electrons. The van der Waals surface area contributed by atoms with Crippen LogP contribution in [0.15, 0.2) is 36.4 Å². The first-order valence-corrected chi connectivity index (χ1v) is 7.23. The fraction of sp³-hybridized carbons (Fsp3) is 0.176. The number of amides is 1. The van der Waals surface area contributed by atoms with Crippen molar-refractivity contribution in [3.8, 4) is 11.5 Å². The van der Waals surface area contributed by atoms with Crippen LogP contribution in [-0.4, -0.2) is 25.9 Å². The number of benzene rings is 2. The highest BCUT2D eigenvalue weighted by Crippen LogP contribution is 2.25. The fourth-order valence-electron chi connectivity index (χ4n) is 1.99. The number of halogens is 1. The van der Waals surface area contributed by atoms with Gasteiger partial charge in [-0.05, 0) is 42.8 Å². The molecule has 1 amide bonds. The summed E-state index contributed by atoms with van der Waals surface area (Å²) in [5, 5.41) is 3.14. The molecule has 0 atom stereocenters. The summed E-state index contributed by atoms with van der Waals surface area (Å²) in [6.07, 6.45) is 0.628. The lowest BCUT2D eigenvalue weighted by molar-refractivity contribution is -0.118. The molecule has 23 heavy (non-hydrogen) atoms. The van der Waals surface area contributed by atoms with Crippen molar-refractivity contribution in [2.75, 3.05) is 19.0 Å². The van der Waals surface area contributed by atoms with Crippen LogP contribution in [0.25, 0.3) is 0 Å². The Labute approximate surface area is 139 Å². The summed E-state index contributed by atoms with van der Waals surface area (Å²) in [7, 11) is 1.53. The predicted octanol–water partition coefficient (Wildman–Crippen LogP) is 3.49. The number of aldehydes is 1. The molecule has 0 radical (unpaired) electrons. The van der Waals surface area contributed by atoms with E-state index in [0.717, 1.165) is 5.56 Å². The van der Waals surface area contributed by atoms with Gasteiger partial charge in [0.05, 0.1) is 18.4 Å². The van der Waals surface area contributed by atoms with E-state index in [0.29, 0.717) is 34.1 Å². The summed E-state index contributed by atoms with van der Waals surface area (Å²) >= 11 is 5.81. The zero-order valence-electron chi connectivity index (χ0n) is 12.8. The molecule has 2 rings (SSSR count). The van der Waals surface area contributed by atoms with Gasteiger partial charge in [-0.2, -0.15) is 0 Å². The number of hydrogen-bond donors (Lipinski definition) is 1. The number of methoxy groups -OCH3 is 1. The molecule has 0 aliphatic heterocycles. The number of carbonyl (C=O) groups is 2. The third kappa shape index (κ3) is 4.47. The van der Waals surface area contributed by atoms with Gasteiger partial charge < -0.3 is 14.8 Å². The van der Waals surface area contributed by atoms with E-state index in [1.54, 1.807) is 24.3 Å². The Hall–Kier alpha value is -2.53. The van der Waals surface area contributed by atoms with Gasteiger partial charge in [0, 0.05) is 5.02 Å². The standard InChI is InChI=1S/C17H16ClNO4/c1-11-3-5-16(22-2)14(7-11)19-17(21)10-23-15-6-4-13(18)8-12(15)9-20/h3-9H,10H2,1-2H3,(H,19,21). The summed E-state index contributed by atoms with van der Waals surface area (Å²) in [6.45, 7) is 1.68. The number of hydrogen-bond acceptors (Lipinski definition) is 4. The van der Waals surface area contributed by atoms with E-state index in [9.17, 15) is 9.59 Å². The van der Waals surface area contributed by atoms with Crippen molar-refractivity contribution in [3.63, 3.8) is 0 Å². The van der Waals surface area contributed by atoms with E-state index in [1.807, 2.05) is 13.0 Å². The fourth-order valence-corrected chi connectivity index (χ4v) is 2.17. The Bertz CT molecular complexity index is 731. The molecule has 1 N–H and O–H groups in total. The molecule has 0 aromatic heterocycles. The van der Waals surface area contributed by atoms with Gasteiger partial charge in [-0.3, -0.25) is 9.59 Å². The second-order valence-corrected chi connectivity index (χ2v) is 5.28. The van der Waals surface area contributed by atoms with Gasteiger partial charge in [-0.1, -0.05) is 17.7 Å². The molecule has 0 spiro atoms. The minimum atomic E-state index is -0.360. The number of carbonyl (C=O) groups excluding carboxylic acids is 2. The van der Waals surface area contributed by atoms with Crippen molar-refractivity contribution in [1.29, 1.82) is 0 Å². The molecule has 6 heteroatoms. The van der Waals surface area contributed by atoms with Crippen LogP contribution in [0.4, 0.5) is 5.69 Å². The molecule has 0 saturated heterocycles. The van der Waals surface area contributed by atoms with Crippen LogP contribution >= 0.6 is 11.6 Å². The smallest absolute Gasteiger partial charge is 0.262 e. The maximum Gasteiger partial charge on any atom is 0.262 e. The average Bonchev–Trinajstić information content (AvgIpc) is 2.53. The molecule has 5 nitrogen and oxygen atoms in total. The normalized spacial score (nSPS) is 10.0. The molecular weight excluding hydrogens is 318 g/mol. The number of nitrogens with one attached hydrogen (secondary N) is 1. The number of rotatable bonds is 6. The van der Waals surface area contributed by atoms with E-state index < -0.39 is 0 Å². The number of anilines is 1. The van der Waals surface area contributed by atoms with Crippen molar-refractivity contribution in [2.24, 2.45) is 0 Å². The summed E-state index contributed by atoms with van der Waals surface area (Å²) < 4.78 is 10.6. The van der Waals surface area contributed by atoms with Crippen LogP contribution in [0.3, 0.4) is 0 Å². The van der Waals surface area contributed by atoms with Crippen molar-refractivity contribution in [2.45, 2.75) is 6.92 Å². The molecule has 2 aromatic rings. The van der Waals surface area contributed by atoms with E-state index in [4.69, 9.17) is 21.1 Å². The van der Waals surface area contributed by atoms with Crippen LogP contribution in [-0.2, 0) is 4.79 Å². The molecule has 0 heterocycles. The largest absolute Gasteiger partial charge is 0.495 e. The quantitative estimate of drug-likeness (QED) is 0.822. The third-order valence-corrected chi connectivity index (χ3v) is 3.32. The molecule has 0 aliphatic rings. The van der Waals surface area contributed by atoms with Gasteiger partial charge in [-0.15, -0.1) is 0 Å². The second-order valence-electron chi connectivity index (χ2n) is 4.84. The molecule has 0 aliphatic carbocycles. The molecule has 2 aromatic carbocycles. The van der Waals surface area contributed by atoms with Gasteiger partial charge >= 0.3 is 0 Å². The summed E-state index contributed by atoms with van der Waals surface area (Å²) in [5.74, 6) is 0.500. The monoisotopic (exact) mass is 333 g/mol. The predicted molar refractivity (Wildman–Crippen MR) is 88.7 cm³/mol. The van der Waals surface area contributed by atoms with E-state index in [2.05, 4.69) is 5.32 Å². The lowest BCUT2D eigenvalue weighted by Crippen LogP contribution is -2.21. The maximum atomic E-state index is 12.0. The van der Waals surface area contributed by atoms with Crippen LogP contribution in [0, 0.1) is 6.92 Å². The second kappa shape index (κ2) is 7.65. The minimum Gasteiger partial charge on any atom is -0.495 e. The first-order chi connectivity index (χ1) is 11.0. The van der Waals surface area contributed by atoms with E-state index >= 15 is 0 Å². The summed E-state index contributed by atoms with van der Waals surface area (Å²) in [5.41, 5.74) is 1.84. The maximum absolute atomic E-state index is 12.0. The van der Waals surface area contributed by atoms with Gasteiger partial charge in [0.15, 0.2) is 12.9 Å². The molecule has 0 unspecified atom stereocenters. The Morgan fingerprint density at radius 1 is 1.22 bits per heavy atom. The van der Waals surface area contributed by atoms with E-state index in [-0.39, 0.29) is 12.5 Å². The first kappa shape index (κ1) is 16.8. The van der Waals surface area contributed by atoms with Crippen molar-refractivity contribution in [1.82, 2.24) is 0 Å². The van der Waals surface area contributed by atoms with Crippen LogP contribution in [0.5, 0.6) is 11.5 Å². The topological polar surface area (TPSA) is 64.6 Å². The zero-order chi connectivity index (χ0) is 16.8. The Kier molecular flexibility index (Phi) is 5.60. The molecule has 0 fully saturated rings. The average molecular weight is 334 g/mol. The Morgan fingerprint density at radius 2 is 1.96 bits per heavy atom. The van der Waals surface area contributed by atoms with Crippen LogP contribution < -0.4 is 14.8 Å². The summed E-state index contributed by atoms with van der Waals surface area (Å²) in [4.78, 5) is 23.0. The van der Waals surface area contributed by atoms with Gasteiger partial charge in [0.25, 0.3) is 5.91 Å². The van der Waals surface area contributed by atoms with E-state index in [1.165, 1.54) is 13.2 Å². The Morgan fingerprint density at radius 3 is 2.65 bits per heavy atom. The highest BCUT2D eigenvalue weighted by atomic mass is 35.5. The van der Waals surface area contributed by atoms with Crippen molar-refractivity contribution >= 4 is 29.5 Å². The number of aryl methyl sites for hydroxylation is 1.